The third-order valence-electron chi connectivity index (χ3n) is 2.60. The van der Waals surface area contributed by atoms with Crippen LogP contribution in [-0.2, 0) is 9.53 Å². The standard InChI is InChI=1S/C11H16O2/c1-4-7-13-10(12)9-5-6-11(2,3)8-9/h1,9H,5-8H2,2-3H3. The molecular weight excluding hydrogens is 164 g/mol. The minimum Gasteiger partial charge on any atom is -0.452 e. The van der Waals surface area contributed by atoms with Gasteiger partial charge in [0.25, 0.3) is 0 Å². The smallest absolute Gasteiger partial charge is 0.309 e. The van der Waals surface area contributed by atoms with Crippen LogP contribution in [0.4, 0.5) is 0 Å². The van der Waals surface area contributed by atoms with Gasteiger partial charge in [0.15, 0.2) is 6.61 Å². The van der Waals surface area contributed by atoms with Crippen LogP contribution in [0.2, 0.25) is 0 Å². The lowest BCUT2D eigenvalue weighted by molar-refractivity contribution is -0.147. The molecule has 0 saturated heterocycles. The highest BCUT2D eigenvalue weighted by atomic mass is 16.5. The van der Waals surface area contributed by atoms with Crippen LogP contribution in [0.3, 0.4) is 0 Å². The van der Waals surface area contributed by atoms with Gasteiger partial charge in [-0.05, 0) is 24.7 Å². The summed E-state index contributed by atoms with van der Waals surface area (Å²) < 4.78 is 4.89. The summed E-state index contributed by atoms with van der Waals surface area (Å²) in [6.45, 7) is 4.47. The lowest BCUT2D eigenvalue weighted by atomic mass is 9.91. The maximum absolute atomic E-state index is 11.4. The van der Waals surface area contributed by atoms with Crippen LogP contribution in [0.15, 0.2) is 0 Å². The van der Waals surface area contributed by atoms with E-state index in [1.807, 2.05) is 0 Å². The lowest BCUT2D eigenvalue weighted by Crippen LogP contribution is -2.16. The van der Waals surface area contributed by atoms with Crippen molar-refractivity contribution in [3.05, 3.63) is 0 Å². The molecule has 72 valence electrons. The molecule has 0 aliphatic heterocycles. The molecule has 1 atom stereocenters. The van der Waals surface area contributed by atoms with E-state index in [2.05, 4.69) is 19.8 Å². The van der Waals surface area contributed by atoms with Crippen LogP contribution in [0.5, 0.6) is 0 Å². The monoisotopic (exact) mass is 180 g/mol. The second-order valence-electron chi connectivity index (χ2n) is 4.42. The predicted molar refractivity (Wildman–Crippen MR) is 50.9 cm³/mol. The van der Waals surface area contributed by atoms with E-state index in [4.69, 9.17) is 11.2 Å². The molecule has 2 nitrogen and oxygen atoms in total. The Morgan fingerprint density at radius 3 is 2.85 bits per heavy atom. The van der Waals surface area contributed by atoms with Crippen molar-refractivity contribution < 1.29 is 9.53 Å². The number of carbonyl (C=O) groups excluding carboxylic acids is 1. The van der Waals surface area contributed by atoms with Gasteiger partial charge in [0.05, 0.1) is 5.92 Å². The Morgan fingerprint density at radius 2 is 2.38 bits per heavy atom. The molecule has 0 amide bonds. The number of ether oxygens (including phenoxy) is 1. The summed E-state index contributed by atoms with van der Waals surface area (Å²) in [5, 5.41) is 0. The van der Waals surface area contributed by atoms with E-state index in [-0.39, 0.29) is 18.5 Å². The third-order valence-corrected chi connectivity index (χ3v) is 2.60. The van der Waals surface area contributed by atoms with E-state index in [9.17, 15) is 4.79 Å². The Hall–Kier alpha value is -0.970. The highest BCUT2D eigenvalue weighted by Gasteiger charge is 2.35. The largest absolute Gasteiger partial charge is 0.452 e. The molecule has 0 aromatic carbocycles. The minimum absolute atomic E-state index is 0.0725. The molecule has 1 fully saturated rings. The van der Waals surface area contributed by atoms with E-state index >= 15 is 0 Å². The highest BCUT2D eigenvalue weighted by Crippen LogP contribution is 2.41. The van der Waals surface area contributed by atoms with E-state index in [1.54, 1.807) is 0 Å². The number of hydrogen-bond donors (Lipinski definition) is 0. The van der Waals surface area contributed by atoms with Crippen molar-refractivity contribution in [3.63, 3.8) is 0 Å². The molecule has 0 aromatic heterocycles. The second kappa shape index (κ2) is 3.83. The van der Waals surface area contributed by atoms with Crippen LogP contribution in [0, 0.1) is 23.7 Å². The summed E-state index contributed by atoms with van der Waals surface area (Å²) in [5.41, 5.74) is 0.291. The van der Waals surface area contributed by atoms with Gasteiger partial charge in [-0.15, -0.1) is 6.42 Å². The van der Waals surface area contributed by atoms with E-state index in [0.29, 0.717) is 5.41 Å². The summed E-state index contributed by atoms with van der Waals surface area (Å²) in [4.78, 5) is 11.4. The molecule has 1 saturated carbocycles. The van der Waals surface area contributed by atoms with Gasteiger partial charge < -0.3 is 4.74 Å². The lowest BCUT2D eigenvalue weighted by Gasteiger charge is -2.16. The minimum atomic E-state index is -0.122. The molecule has 1 aliphatic rings. The maximum Gasteiger partial charge on any atom is 0.309 e. The number of carbonyl (C=O) groups is 1. The Bertz CT molecular complexity index is 235. The van der Waals surface area contributed by atoms with Crippen molar-refractivity contribution in [2.45, 2.75) is 33.1 Å². The Labute approximate surface area is 79.7 Å². The van der Waals surface area contributed by atoms with E-state index in [0.717, 1.165) is 19.3 Å². The Balaban J connectivity index is 2.39. The fourth-order valence-corrected chi connectivity index (χ4v) is 1.87. The van der Waals surface area contributed by atoms with E-state index < -0.39 is 0 Å². The average Bonchev–Trinajstić information content (AvgIpc) is 2.42. The van der Waals surface area contributed by atoms with Crippen molar-refractivity contribution in [1.29, 1.82) is 0 Å². The van der Waals surface area contributed by atoms with E-state index in [1.165, 1.54) is 0 Å². The van der Waals surface area contributed by atoms with Gasteiger partial charge in [-0.3, -0.25) is 4.79 Å². The van der Waals surface area contributed by atoms with Crippen molar-refractivity contribution in [2.24, 2.45) is 11.3 Å². The summed E-state index contributed by atoms with van der Waals surface area (Å²) in [6.07, 6.45) is 7.97. The number of esters is 1. The molecule has 2 heteroatoms. The van der Waals surface area contributed by atoms with Gasteiger partial charge >= 0.3 is 5.97 Å². The predicted octanol–water partition coefficient (Wildman–Crippen LogP) is 1.99. The van der Waals surface area contributed by atoms with Crippen LogP contribution < -0.4 is 0 Å². The summed E-state index contributed by atoms with van der Waals surface area (Å²) in [5.74, 6) is 2.25. The van der Waals surface area contributed by atoms with Gasteiger partial charge in [0.1, 0.15) is 0 Å². The fourth-order valence-electron chi connectivity index (χ4n) is 1.87. The first-order valence-corrected chi connectivity index (χ1v) is 4.65. The summed E-state index contributed by atoms with van der Waals surface area (Å²) in [6, 6.07) is 0. The van der Waals surface area contributed by atoms with Crippen LogP contribution >= 0.6 is 0 Å². The molecule has 0 bridgehead atoms. The van der Waals surface area contributed by atoms with Crippen LogP contribution in [-0.4, -0.2) is 12.6 Å². The summed E-state index contributed by atoms with van der Waals surface area (Å²) >= 11 is 0. The van der Waals surface area contributed by atoms with Crippen LogP contribution in [0.25, 0.3) is 0 Å². The zero-order valence-electron chi connectivity index (χ0n) is 8.30. The van der Waals surface area contributed by atoms with Crippen molar-refractivity contribution in [2.75, 3.05) is 6.61 Å². The van der Waals surface area contributed by atoms with Gasteiger partial charge in [0.2, 0.25) is 0 Å². The summed E-state index contributed by atoms with van der Waals surface area (Å²) in [7, 11) is 0. The number of hydrogen-bond acceptors (Lipinski definition) is 2. The first kappa shape index (κ1) is 10.1. The number of rotatable bonds is 2. The van der Waals surface area contributed by atoms with Crippen LogP contribution in [0.1, 0.15) is 33.1 Å². The quantitative estimate of drug-likeness (QED) is 0.480. The molecule has 13 heavy (non-hydrogen) atoms. The molecule has 1 unspecified atom stereocenters. The van der Waals surface area contributed by atoms with Crippen molar-refractivity contribution >= 4 is 5.97 Å². The molecule has 1 rings (SSSR count). The fraction of sp³-hybridized carbons (Fsp3) is 0.727. The molecule has 1 aliphatic carbocycles. The molecule has 0 aromatic rings. The van der Waals surface area contributed by atoms with Gasteiger partial charge in [-0.1, -0.05) is 19.8 Å². The maximum atomic E-state index is 11.4. The third kappa shape index (κ3) is 2.77. The second-order valence-corrected chi connectivity index (χ2v) is 4.42. The normalized spacial score (nSPS) is 25.2. The molecule has 0 spiro atoms. The van der Waals surface area contributed by atoms with Crippen molar-refractivity contribution in [3.8, 4) is 12.3 Å². The molecular formula is C11H16O2. The SMILES string of the molecule is C#CCOC(=O)C1CCC(C)(C)C1. The van der Waals surface area contributed by atoms with Crippen molar-refractivity contribution in [1.82, 2.24) is 0 Å². The average molecular weight is 180 g/mol. The topological polar surface area (TPSA) is 26.3 Å². The molecule has 0 heterocycles. The molecule has 0 N–H and O–H groups in total. The Kier molecular flexibility index (Phi) is 2.98. The first-order valence-electron chi connectivity index (χ1n) is 4.65. The van der Waals surface area contributed by atoms with Gasteiger partial charge in [0, 0.05) is 0 Å². The highest BCUT2D eigenvalue weighted by molar-refractivity contribution is 5.73. The van der Waals surface area contributed by atoms with Gasteiger partial charge in [-0.25, -0.2) is 0 Å². The number of terminal acetylenes is 1. The zero-order valence-corrected chi connectivity index (χ0v) is 8.30. The van der Waals surface area contributed by atoms with Gasteiger partial charge in [-0.2, -0.15) is 0 Å². The molecule has 0 radical (unpaired) electrons. The zero-order chi connectivity index (χ0) is 9.90. The first-order chi connectivity index (χ1) is 6.05. The Morgan fingerprint density at radius 1 is 1.69 bits per heavy atom.